The Morgan fingerprint density at radius 1 is 1.22 bits per heavy atom. The van der Waals surface area contributed by atoms with Gasteiger partial charge in [0.15, 0.2) is 6.10 Å². The first-order chi connectivity index (χ1) is 13.1. The summed E-state index contributed by atoms with van der Waals surface area (Å²) in [6, 6.07) is 15.2. The molecule has 1 atom stereocenters. The molecule has 0 aliphatic heterocycles. The highest BCUT2D eigenvalue weighted by molar-refractivity contribution is 5.89. The van der Waals surface area contributed by atoms with Crippen molar-refractivity contribution in [2.24, 2.45) is 0 Å². The zero-order valence-electron chi connectivity index (χ0n) is 15.5. The van der Waals surface area contributed by atoms with E-state index < -0.39 is 6.10 Å². The van der Waals surface area contributed by atoms with Gasteiger partial charge in [-0.1, -0.05) is 43.3 Å². The van der Waals surface area contributed by atoms with Crippen LogP contribution in [0.15, 0.2) is 59.7 Å². The Balaban J connectivity index is 1.57. The van der Waals surface area contributed by atoms with Gasteiger partial charge in [0.1, 0.15) is 5.75 Å². The standard InChI is InChI=1S/C21H23N3O3/c1-3-17-13-20(25)24(14-23-17)12-11-22-21(26)15(2)27-19-10-6-8-16-7-4-5-9-18(16)19/h4-10,13-15H,3,11-12H2,1-2H3,(H,22,26). The van der Waals surface area contributed by atoms with Gasteiger partial charge in [0.05, 0.1) is 6.33 Å². The van der Waals surface area contributed by atoms with E-state index in [0.29, 0.717) is 18.8 Å². The van der Waals surface area contributed by atoms with Crippen LogP contribution in [0.3, 0.4) is 0 Å². The Kier molecular flexibility index (Phi) is 5.86. The summed E-state index contributed by atoms with van der Waals surface area (Å²) in [5, 5.41) is 4.83. The number of nitrogens with one attached hydrogen (secondary N) is 1. The predicted octanol–water partition coefficient (Wildman–Crippen LogP) is 2.54. The minimum absolute atomic E-state index is 0.115. The molecule has 0 saturated carbocycles. The van der Waals surface area contributed by atoms with Gasteiger partial charge in [-0.2, -0.15) is 0 Å². The van der Waals surface area contributed by atoms with Crippen LogP contribution in [0.1, 0.15) is 19.5 Å². The highest BCUT2D eigenvalue weighted by Gasteiger charge is 2.15. The molecule has 1 heterocycles. The number of aryl methyl sites for hydroxylation is 1. The molecule has 1 unspecified atom stereocenters. The number of nitrogens with zero attached hydrogens (tertiary/aromatic N) is 2. The highest BCUT2D eigenvalue weighted by Crippen LogP contribution is 2.25. The fourth-order valence-corrected chi connectivity index (χ4v) is 2.81. The van der Waals surface area contributed by atoms with E-state index in [4.69, 9.17) is 4.74 Å². The number of fused-ring (bicyclic) bond motifs is 1. The summed E-state index contributed by atoms with van der Waals surface area (Å²) in [5.41, 5.74) is 0.647. The van der Waals surface area contributed by atoms with E-state index in [1.165, 1.54) is 17.0 Å². The number of carbonyl (C=O) groups is 1. The fourth-order valence-electron chi connectivity index (χ4n) is 2.81. The zero-order valence-corrected chi connectivity index (χ0v) is 15.5. The first-order valence-electron chi connectivity index (χ1n) is 9.06. The summed E-state index contributed by atoms with van der Waals surface area (Å²) in [4.78, 5) is 28.5. The molecule has 0 fully saturated rings. The molecular weight excluding hydrogens is 342 g/mol. The highest BCUT2D eigenvalue weighted by atomic mass is 16.5. The number of hydrogen-bond donors (Lipinski definition) is 1. The third-order valence-electron chi connectivity index (χ3n) is 4.37. The Hall–Kier alpha value is -3.15. The average Bonchev–Trinajstić information content (AvgIpc) is 2.69. The maximum Gasteiger partial charge on any atom is 0.260 e. The smallest absolute Gasteiger partial charge is 0.260 e. The van der Waals surface area contributed by atoms with E-state index in [-0.39, 0.29) is 11.5 Å². The van der Waals surface area contributed by atoms with Crippen molar-refractivity contribution in [3.8, 4) is 5.75 Å². The summed E-state index contributed by atoms with van der Waals surface area (Å²) in [7, 11) is 0. The number of hydrogen-bond acceptors (Lipinski definition) is 4. The molecule has 3 aromatic rings. The van der Waals surface area contributed by atoms with Gasteiger partial charge in [0.25, 0.3) is 11.5 Å². The molecule has 0 aliphatic carbocycles. The van der Waals surface area contributed by atoms with E-state index in [2.05, 4.69) is 10.3 Å². The van der Waals surface area contributed by atoms with Crippen molar-refractivity contribution in [2.75, 3.05) is 6.54 Å². The molecule has 1 amide bonds. The van der Waals surface area contributed by atoms with Gasteiger partial charge in [-0.25, -0.2) is 4.98 Å². The third-order valence-corrected chi connectivity index (χ3v) is 4.37. The van der Waals surface area contributed by atoms with Gasteiger partial charge >= 0.3 is 0 Å². The van der Waals surface area contributed by atoms with Crippen LogP contribution in [-0.2, 0) is 17.8 Å². The van der Waals surface area contributed by atoms with Gasteiger partial charge < -0.3 is 10.1 Å². The Labute approximate surface area is 157 Å². The predicted molar refractivity (Wildman–Crippen MR) is 105 cm³/mol. The molecule has 0 saturated heterocycles. The van der Waals surface area contributed by atoms with E-state index in [1.54, 1.807) is 6.92 Å². The Bertz CT molecular complexity index is 992. The topological polar surface area (TPSA) is 73.2 Å². The minimum atomic E-state index is -0.645. The lowest BCUT2D eigenvalue weighted by Gasteiger charge is -2.16. The number of ether oxygens (including phenoxy) is 1. The van der Waals surface area contributed by atoms with E-state index in [0.717, 1.165) is 22.9 Å². The van der Waals surface area contributed by atoms with Gasteiger partial charge in [0.2, 0.25) is 0 Å². The monoisotopic (exact) mass is 365 g/mol. The van der Waals surface area contributed by atoms with Crippen LogP contribution in [0.25, 0.3) is 10.8 Å². The molecule has 0 radical (unpaired) electrons. The molecule has 6 heteroatoms. The van der Waals surface area contributed by atoms with Crippen molar-refractivity contribution >= 4 is 16.7 Å². The number of rotatable bonds is 7. The third kappa shape index (κ3) is 4.53. The molecule has 140 valence electrons. The summed E-state index contributed by atoms with van der Waals surface area (Å²) < 4.78 is 7.34. The zero-order chi connectivity index (χ0) is 19.2. The van der Waals surface area contributed by atoms with Crippen molar-refractivity contribution in [1.82, 2.24) is 14.9 Å². The molecular formula is C21H23N3O3. The second-order valence-electron chi connectivity index (χ2n) is 6.29. The van der Waals surface area contributed by atoms with Crippen LogP contribution in [0, 0.1) is 0 Å². The van der Waals surface area contributed by atoms with Crippen molar-refractivity contribution in [1.29, 1.82) is 0 Å². The van der Waals surface area contributed by atoms with E-state index in [1.807, 2.05) is 49.4 Å². The molecule has 27 heavy (non-hydrogen) atoms. The molecule has 0 bridgehead atoms. The molecule has 1 N–H and O–H groups in total. The second-order valence-corrected chi connectivity index (χ2v) is 6.29. The first kappa shape index (κ1) is 18.6. The maximum absolute atomic E-state index is 12.3. The molecule has 0 spiro atoms. The molecule has 3 rings (SSSR count). The molecule has 1 aromatic heterocycles. The lowest BCUT2D eigenvalue weighted by molar-refractivity contribution is -0.127. The van der Waals surface area contributed by atoms with E-state index >= 15 is 0 Å². The lowest BCUT2D eigenvalue weighted by atomic mass is 10.1. The van der Waals surface area contributed by atoms with Crippen molar-refractivity contribution < 1.29 is 9.53 Å². The Morgan fingerprint density at radius 3 is 2.78 bits per heavy atom. The SMILES string of the molecule is CCc1cc(=O)n(CCNC(=O)C(C)Oc2cccc3ccccc23)cn1. The number of benzene rings is 2. The Morgan fingerprint density at radius 2 is 2.00 bits per heavy atom. The van der Waals surface area contributed by atoms with Crippen LogP contribution < -0.4 is 15.6 Å². The lowest BCUT2D eigenvalue weighted by Crippen LogP contribution is -2.38. The summed E-state index contributed by atoms with van der Waals surface area (Å²) in [5.74, 6) is 0.445. The van der Waals surface area contributed by atoms with Crippen LogP contribution in [0.2, 0.25) is 0 Å². The average molecular weight is 365 g/mol. The normalized spacial score (nSPS) is 11.9. The quantitative estimate of drug-likeness (QED) is 0.698. The molecule has 2 aromatic carbocycles. The van der Waals surface area contributed by atoms with Gasteiger partial charge in [-0.05, 0) is 24.8 Å². The van der Waals surface area contributed by atoms with Crippen LogP contribution in [0.5, 0.6) is 5.75 Å². The summed E-state index contributed by atoms with van der Waals surface area (Å²) >= 11 is 0. The molecule has 0 aliphatic rings. The maximum atomic E-state index is 12.3. The second kappa shape index (κ2) is 8.49. The van der Waals surface area contributed by atoms with Crippen LogP contribution >= 0.6 is 0 Å². The van der Waals surface area contributed by atoms with Crippen LogP contribution in [0.4, 0.5) is 0 Å². The summed E-state index contributed by atoms with van der Waals surface area (Å²) in [6.45, 7) is 4.35. The number of carbonyl (C=O) groups excluding carboxylic acids is 1. The van der Waals surface area contributed by atoms with Crippen molar-refractivity contribution in [3.05, 3.63) is 70.9 Å². The fraction of sp³-hybridized carbons (Fsp3) is 0.286. The van der Waals surface area contributed by atoms with E-state index in [9.17, 15) is 9.59 Å². The van der Waals surface area contributed by atoms with Gasteiger partial charge in [-0.15, -0.1) is 0 Å². The van der Waals surface area contributed by atoms with Crippen LogP contribution in [-0.4, -0.2) is 28.1 Å². The van der Waals surface area contributed by atoms with Gasteiger partial charge in [0, 0.05) is 30.2 Å². The largest absolute Gasteiger partial charge is 0.480 e. The van der Waals surface area contributed by atoms with Crippen molar-refractivity contribution in [2.45, 2.75) is 32.9 Å². The van der Waals surface area contributed by atoms with Gasteiger partial charge in [-0.3, -0.25) is 14.2 Å². The number of amides is 1. The number of aromatic nitrogens is 2. The minimum Gasteiger partial charge on any atom is -0.480 e. The summed E-state index contributed by atoms with van der Waals surface area (Å²) in [6.07, 6.45) is 1.59. The van der Waals surface area contributed by atoms with Crippen molar-refractivity contribution in [3.63, 3.8) is 0 Å². The first-order valence-corrected chi connectivity index (χ1v) is 9.06. The molecule has 6 nitrogen and oxygen atoms in total.